The van der Waals surface area contributed by atoms with Crippen LogP contribution in [-0.2, 0) is 9.53 Å². The third-order valence-corrected chi connectivity index (χ3v) is 2.81. The van der Waals surface area contributed by atoms with Gasteiger partial charge in [-0.25, -0.2) is 0 Å². The summed E-state index contributed by atoms with van der Waals surface area (Å²) in [5, 5.41) is 0.661. The third-order valence-electron chi connectivity index (χ3n) is 2.56. The standard InChI is InChI=1S/C15H13ClO2/c1-11(17)18-15(12-5-3-2-4-6-12)13-7-9-14(16)10-8-13/h2-10,15H,1H3/t15-/m0/s1. The van der Waals surface area contributed by atoms with Gasteiger partial charge in [-0.05, 0) is 23.3 Å². The Labute approximate surface area is 111 Å². The summed E-state index contributed by atoms with van der Waals surface area (Å²) < 4.78 is 5.38. The van der Waals surface area contributed by atoms with E-state index in [1.807, 2.05) is 42.5 Å². The SMILES string of the molecule is CC(=O)O[C@@H](c1ccccc1)c1ccc(Cl)cc1. The average Bonchev–Trinajstić information content (AvgIpc) is 2.38. The highest BCUT2D eigenvalue weighted by Crippen LogP contribution is 2.27. The molecule has 0 unspecified atom stereocenters. The lowest BCUT2D eigenvalue weighted by Gasteiger charge is -2.17. The van der Waals surface area contributed by atoms with Crippen molar-refractivity contribution >= 4 is 17.6 Å². The van der Waals surface area contributed by atoms with Crippen molar-refractivity contribution in [2.75, 3.05) is 0 Å². The minimum atomic E-state index is -0.388. The normalized spacial score (nSPS) is 11.9. The molecule has 0 radical (unpaired) electrons. The lowest BCUT2D eigenvalue weighted by Crippen LogP contribution is -2.09. The largest absolute Gasteiger partial charge is 0.453 e. The molecule has 0 fully saturated rings. The van der Waals surface area contributed by atoms with Gasteiger partial charge in [0, 0.05) is 11.9 Å². The highest BCUT2D eigenvalue weighted by Gasteiger charge is 2.16. The van der Waals surface area contributed by atoms with Gasteiger partial charge in [0.15, 0.2) is 6.10 Å². The Morgan fingerprint density at radius 1 is 1.00 bits per heavy atom. The van der Waals surface area contributed by atoms with Crippen LogP contribution in [0.15, 0.2) is 54.6 Å². The molecule has 2 rings (SSSR count). The number of ether oxygens (including phenoxy) is 1. The summed E-state index contributed by atoms with van der Waals surface area (Å²) in [4.78, 5) is 11.2. The topological polar surface area (TPSA) is 26.3 Å². The van der Waals surface area contributed by atoms with Crippen LogP contribution in [-0.4, -0.2) is 5.97 Å². The fourth-order valence-electron chi connectivity index (χ4n) is 1.76. The van der Waals surface area contributed by atoms with E-state index >= 15 is 0 Å². The molecule has 0 aliphatic carbocycles. The zero-order chi connectivity index (χ0) is 13.0. The first kappa shape index (κ1) is 12.7. The van der Waals surface area contributed by atoms with Crippen LogP contribution >= 0.6 is 11.6 Å². The molecule has 0 spiro atoms. The van der Waals surface area contributed by atoms with Crippen LogP contribution in [0.5, 0.6) is 0 Å². The van der Waals surface area contributed by atoms with E-state index in [4.69, 9.17) is 16.3 Å². The van der Waals surface area contributed by atoms with Gasteiger partial charge in [-0.1, -0.05) is 54.1 Å². The lowest BCUT2D eigenvalue weighted by atomic mass is 10.0. The Morgan fingerprint density at radius 2 is 1.56 bits per heavy atom. The van der Waals surface area contributed by atoms with Crippen molar-refractivity contribution in [3.8, 4) is 0 Å². The Kier molecular flexibility index (Phi) is 4.00. The summed E-state index contributed by atoms with van der Waals surface area (Å²) in [6, 6.07) is 16.9. The van der Waals surface area contributed by atoms with E-state index in [-0.39, 0.29) is 12.1 Å². The molecule has 0 heterocycles. The molecule has 0 aromatic heterocycles. The first-order valence-corrected chi connectivity index (χ1v) is 6.02. The molecule has 0 saturated heterocycles. The molecule has 18 heavy (non-hydrogen) atoms. The molecule has 0 N–H and O–H groups in total. The fraction of sp³-hybridized carbons (Fsp3) is 0.133. The predicted molar refractivity (Wildman–Crippen MR) is 71.5 cm³/mol. The summed E-state index contributed by atoms with van der Waals surface area (Å²) >= 11 is 5.86. The molecule has 2 nitrogen and oxygen atoms in total. The van der Waals surface area contributed by atoms with Gasteiger partial charge in [0.1, 0.15) is 0 Å². The second-order valence-corrected chi connectivity index (χ2v) is 4.39. The summed E-state index contributed by atoms with van der Waals surface area (Å²) in [5.74, 6) is -0.307. The van der Waals surface area contributed by atoms with Gasteiger partial charge >= 0.3 is 5.97 Å². The number of rotatable bonds is 3. The van der Waals surface area contributed by atoms with Crippen molar-refractivity contribution in [2.45, 2.75) is 13.0 Å². The van der Waals surface area contributed by atoms with Crippen molar-refractivity contribution in [1.82, 2.24) is 0 Å². The van der Waals surface area contributed by atoms with E-state index in [2.05, 4.69) is 0 Å². The molecular formula is C15H13ClO2. The van der Waals surface area contributed by atoms with Gasteiger partial charge in [-0.3, -0.25) is 4.79 Å². The van der Waals surface area contributed by atoms with Crippen LogP contribution < -0.4 is 0 Å². The van der Waals surface area contributed by atoms with Gasteiger partial charge < -0.3 is 4.74 Å². The maximum atomic E-state index is 11.2. The minimum absolute atomic E-state index is 0.307. The first-order valence-electron chi connectivity index (χ1n) is 5.64. The maximum Gasteiger partial charge on any atom is 0.303 e. The molecule has 0 aliphatic heterocycles. The van der Waals surface area contributed by atoms with E-state index < -0.39 is 0 Å². The van der Waals surface area contributed by atoms with E-state index in [1.54, 1.807) is 12.1 Å². The number of carbonyl (C=O) groups excluding carboxylic acids is 1. The molecule has 0 bridgehead atoms. The quantitative estimate of drug-likeness (QED) is 0.780. The van der Waals surface area contributed by atoms with Crippen LogP contribution in [0.2, 0.25) is 5.02 Å². The van der Waals surface area contributed by atoms with E-state index in [1.165, 1.54) is 6.92 Å². The van der Waals surface area contributed by atoms with Crippen molar-refractivity contribution < 1.29 is 9.53 Å². The molecule has 0 saturated carbocycles. The van der Waals surface area contributed by atoms with Gasteiger partial charge in [0.2, 0.25) is 0 Å². The smallest absolute Gasteiger partial charge is 0.303 e. The Bertz CT molecular complexity index is 520. The summed E-state index contributed by atoms with van der Waals surface area (Å²) in [6.45, 7) is 1.41. The van der Waals surface area contributed by atoms with Gasteiger partial charge in [0.05, 0.1) is 0 Å². The van der Waals surface area contributed by atoms with Crippen LogP contribution in [0, 0.1) is 0 Å². The van der Waals surface area contributed by atoms with E-state index in [0.29, 0.717) is 5.02 Å². The number of hydrogen-bond donors (Lipinski definition) is 0. The van der Waals surface area contributed by atoms with Gasteiger partial charge in [-0.15, -0.1) is 0 Å². The van der Waals surface area contributed by atoms with E-state index in [0.717, 1.165) is 11.1 Å². The number of esters is 1. The number of hydrogen-bond acceptors (Lipinski definition) is 2. The average molecular weight is 261 g/mol. The molecule has 1 atom stereocenters. The van der Waals surface area contributed by atoms with Crippen molar-refractivity contribution in [2.24, 2.45) is 0 Å². The van der Waals surface area contributed by atoms with Gasteiger partial charge in [0.25, 0.3) is 0 Å². The number of benzene rings is 2. The zero-order valence-corrected chi connectivity index (χ0v) is 10.7. The molecule has 0 amide bonds. The number of halogens is 1. The molecule has 92 valence electrons. The monoisotopic (exact) mass is 260 g/mol. The minimum Gasteiger partial charge on any atom is -0.453 e. The second kappa shape index (κ2) is 5.69. The molecular weight excluding hydrogens is 248 g/mol. The Morgan fingerprint density at radius 3 is 2.11 bits per heavy atom. The second-order valence-electron chi connectivity index (χ2n) is 3.95. The van der Waals surface area contributed by atoms with Crippen molar-refractivity contribution in [3.63, 3.8) is 0 Å². The lowest BCUT2D eigenvalue weighted by molar-refractivity contribution is -0.144. The van der Waals surface area contributed by atoms with Crippen LogP contribution in [0.25, 0.3) is 0 Å². The maximum absolute atomic E-state index is 11.2. The Hall–Kier alpha value is -1.80. The van der Waals surface area contributed by atoms with Crippen LogP contribution in [0.1, 0.15) is 24.2 Å². The summed E-state index contributed by atoms with van der Waals surface area (Å²) in [7, 11) is 0. The van der Waals surface area contributed by atoms with Crippen LogP contribution in [0.4, 0.5) is 0 Å². The zero-order valence-electron chi connectivity index (χ0n) is 9.97. The fourth-order valence-corrected chi connectivity index (χ4v) is 1.89. The van der Waals surface area contributed by atoms with Crippen LogP contribution in [0.3, 0.4) is 0 Å². The summed E-state index contributed by atoms with van der Waals surface area (Å²) in [6.07, 6.45) is -0.388. The molecule has 0 aliphatic rings. The Balaban J connectivity index is 2.36. The summed E-state index contributed by atoms with van der Waals surface area (Å²) in [5.41, 5.74) is 1.84. The number of carbonyl (C=O) groups is 1. The van der Waals surface area contributed by atoms with Crippen molar-refractivity contribution in [1.29, 1.82) is 0 Å². The predicted octanol–water partition coefficient (Wildman–Crippen LogP) is 3.99. The highest BCUT2D eigenvalue weighted by molar-refractivity contribution is 6.30. The third kappa shape index (κ3) is 3.11. The highest BCUT2D eigenvalue weighted by atomic mass is 35.5. The molecule has 2 aromatic carbocycles. The van der Waals surface area contributed by atoms with Gasteiger partial charge in [-0.2, -0.15) is 0 Å². The first-order chi connectivity index (χ1) is 8.66. The molecule has 2 aromatic rings. The van der Waals surface area contributed by atoms with E-state index in [9.17, 15) is 4.79 Å². The molecule has 3 heteroatoms. The van der Waals surface area contributed by atoms with Crippen molar-refractivity contribution in [3.05, 3.63) is 70.7 Å².